The summed E-state index contributed by atoms with van der Waals surface area (Å²) in [4.78, 5) is 26.9. The molecule has 114 valence electrons. The number of fused-ring (bicyclic) bond motifs is 3. The predicted molar refractivity (Wildman–Crippen MR) is 89.9 cm³/mol. The highest BCUT2D eigenvalue weighted by molar-refractivity contribution is 6.37. The smallest absolute Gasteiger partial charge is 0.266 e. The number of hydrogen-bond acceptors (Lipinski definition) is 2. The number of rotatable bonds is 2. The minimum absolute atomic E-state index is 0.244. The minimum Gasteiger partial charge on any atom is -0.351 e. The van der Waals surface area contributed by atoms with Crippen molar-refractivity contribution in [1.29, 1.82) is 0 Å². The maximum Gasteiger partial charge on any atom is 0.266 e. The lowest BCUT2D eigenvalue weighted by molar-refractivity contribution is 0.0926. The fraction of sp³-hybridized carbons (Fsp3) is 0.158. The van der Waals surface area contributed by atoms with Gasteiger partial charge in [0.1, 0.15) is 0 Å². The van der Waals surface area contributed by atoms with Gasteiger partial charge in [0.05, 0.1) is 16.8 Å². The van der Waals surface area contributed by atoms with Crippen molar-refractivity contribution < 1.29 is 9.59 Å². The molecule has 1 aliphatic heterocycles. The van der Waals surface area contributed by atoms with Gasteiger partial charge in [0.15, 0.2) is 0 Å². The molecule has 0 bridgehead atoms. The first-order valence-corrected chi connectivity index (χ1v) is 7.67. The van der Waals surface area contributed by atoms with Gasteiger partial charge in [0.2, 0.25) is 0 Å². The molecule has 0 saturated carbocycles. The number of aryl methyl sites for hydroxylation is 2. The third-order valence-electron chi connectivity index (χ3n) is 4.52. The van der Waals surface area contributed by atoms with Gasteiger partial charge >= 0.3 is 0 Å². The Morgan fingerprint density at radius 3 is 2.35 bits per heavy atom. The summed E-state index contributed by atoms with van der Waals surface area (Å²) in [6.45, 7) is 2.07. The molecule has 4 nitrogen and oxygen atoms in total. The molecule has 1 aliphatic rings. The average molecular weight is 304 g/mol. The molecular weight excluding hydrogens is 288 g/mol. The summed E-state index contributed by atoms with van der Waals surface area (Å²) < 4.78 is 1.95. The second-order valence-corrected chi connectivity index (χ2v) is 5.81. The number of aromatic nitrogens is 1. The summed E-state index contributed by atoms with van der Waals surface area (Å²) in [6, 6.07) is 13.1. The number of imide groups is 1. The highest BCUT2D eigenvalue weighted by atomic mass is 16.2. The van der Waals surface area contributed by atoms with Crippen molar-refractivity contribution in [2.75, 3.05) is 4.90 Å². The normalized spacial score (nSPS) is 13.9. The molecule has 0 N–H and O–H groups in total. The van der Waals surface area contributed by atoms with Gasteiger partial charge in [0, 0.05) is 24.1 Å². The SMILES string of the molecule is CCc1ccc(N2C(=O)c3ccc4c(ccn4C)c3C2=O)cc1. The van der Waals surface area contributed by atoms with E-state index in [9.17, 15) is 9.59 Å². The van der Waals surface area contributed by atoms with Crippen molar-refractivity contribution in [2.24, 2.45) is 7.05 Å². The van der Waals surface area contributed by atoms with Crippen molar-refractivity contribution in [3.05, 3.63) is 65.4 Å². The Morgan fingerprint density at radius 2 is 1.65 bits per heavy atom. The van der Waals surface area contributed by atoms with E-state index in [1.807, 2.05) is 54.2 Å². The molecule has 3 aromatic rings. The van der Waals surface area contributed by atoms with Gasteiger partial charge in [-0.25, -0.2) is 4.90 Å². The molecule has 0 unspecified atom stereocenters. The molecule has 4 rings (SSSR count). The first-order valence-electron chi connectivity index (χ1n) is 7.67. The number of carbonyl (C=O) groups is 2. The van der Waals surface area contributed by atoms with E-state index in [4.69, 9.17) is 0 Å². The van der Waals surface area contributed by atoms with Crippen LogP contribution in [0.1, 0.15) is 33.2 Å². The van der Waals surface area contributed by atoms with Crippen LogP contribution in [0.3, 0.4) is 0 Å². The maximum absolute atomic E-state index is 12.9. The van der Waals surface area contributed by atoms with Crippen LogP contribution in [0.2, 0.25) is 0 Å². The van der Waals surface area contributed by atoms with Crippen LogP contribution in [0.4, 0.5) is 5.69 Å². The van der Waals surface area contributed by atoms with E-state index in [0.29, 0.717) is 16.8 Å². The van der Waals surface area contributed by atoms with E-state index in [-0.39, 0.29) is 11.8 Å². The van der Waals surface area contributed by atoms with Gasteiger partial charge in [-0.1, -0.05) is 19.1 Å². The Labute approximate surface area is 133 Å². The van der Waals surface area contributed by atoms with Crippen molar-refractivity contribution >= 4 is 28.4 Å². The zero-order valence-corrected chi connectivity index (χ0v) is 13.0. The van der Waals surface area contributed by atoms with Crippen LogP contribution in [0.15, 0.2) is 48.7 Å². The van der Waals surface area contributed by atoms with E-state index in [1.54, 1.807) is 6.07 Å². The van der Waals surface area contributed by atoms with E-state index in [0.717, 1.165) is 17.3 Å². The quantitative estimate of drug-likeness (QED) is 0.680. The van der Waals surface area contributed by atoms with E-state index in [2.05, 4.69) is 6.92 Å². The Bertz CT molecular complexity index is 951. The van der Waals surface area contributed by atoms with Crippen molar-refractivity contribution in [3.63, 3.8) is 0 Å². The van der Waals surface area contributed by atoms with E-state index < -0.39 is 0 Å². The Morgan fingerprint density at radius 1 is 0.913 bits per heavy atom. The van der Waals surface area contributed by atoms with Crippen molar-refractivity contribution in [1.82, 2.24) is 4.57 Å². The van der Waals surface area contributed by atoms with Crippen LogP contribution in [0.5, 0.6) is 0 Å². The summed E-state index contributed by atoms with van der Waals surface area (Å²) >= 11 is 0. The molecule has 0 spiro atoms. The monoisotopic (exact) mass is 304 g/mol. The van der Waals surface area contributed by atoms with Gasteiger partial charge in [-0.05, 0) is 42.3 Å². The van der Waals surface area contributed by atoms with Crippen LogP contribution < -0.4 is 4.90 Å². The summed E-state index contributed by atoms with van der Waals surface area (Å²) in [7, 11) is 1.93. The largest absolute Gasteiger partial charge is 0.351 e. The molecule has 0 saturated heterocycles. The average Bonchev–Trinajstić information content (AvgIpc) is 3.07. The Balaban J connectivity index is 1.87. The number of benzene rings is 2. The summed E-state index contributed by atoms with van der Waals surface area (Å²) in [5.41, 5.74) is 3.74. The van der Waals surface area contributed by atoms with Crippen LogP contribution in [0, 0.1) is 0 Å². The number of amides is 2. The molecular formula is C19H16N2O2. The van der Waals surface area contributed by atoms with E-state index in [1.165, 1.54) is 10.5 Å². The predicted octanol–water partition coefficient (Wildman–Crippen LogP) is 3.54. The highest BCUT2D eigenvalue weighted by Crippen LogP contribution is 2.33. The second kappa shape index (κ2) is 4.81. The van der Waals surface area contributed by atoms with Gasteiger partial charge in [0.25, 0.3) is 11.8 Å². The lowest BCUT2D eigenvalue weighted by Crippen LogP contribution is -2.29. The summed E-state index contributed by atoms with van der Waals surface area (Å²) in [6.07, 6.45) is 2.83. The van der Waals surface area contributed by atoms with Crippen LogP contribution >= 0.6 is 0 Å². The Kier molecular flexibility index (Phi) is 2.88. The molecule has 0 radical (unpaired) electrons. The standard InChI is InChI=1S/C19H16N2O2/c1-3-12-4-6-13(7-5-12)21-18(22)15-8-9-16-14(10-11-20(16)2)17(15)19(21)23/h4-11H,3H2,1-2H3. The van der Waals surface area contributed by atoms with Crippen LogP contribution in [0.25, 0.3) is 10.9 Å². The van der Waals surface area contributed by atoms with Gasteiger partial charge < -0.3 is 4.57 Å². The van der Waals surface area contributed by atoms with Crippen molar-refractivity contribution in [2.45, 2.75) is 13.3 Å². The molecule has 4 heteroatoms. The Hall–Kier alpha value is -2.88. The van der Waals surface area contributed by atoms with E-state index >= 15 is 0 Å². The molecule has 2 amide bonds. The highest BCUT2D eigenvalue weighted by Gasteiger charge is 2.38. The molecule has 0 atom stereocenters. The lowest BCUT2D eigenvalue weighted by atomic mass is 10.1. The zero-order chi connectivity index (χ0) is 16.1. The molecule has 0 fully saturated rings. The first-order chi connectivity index (χ1) is 11.1. The fourth-order valence-electron chi connectivity index (χ4n) is 3.20. The second-order valence-electron chi connectivity index (χ2n) is 5.81. The number of hydrogen-bond donors (Lipinski definition) is 0. The lowest BCUT2D eigenvalue weighted by Gasteiger charge is -2.14. The number of anilines is 1. The topological polar surface area (TPSA) is 42.3 Å². The number of carbonyl (C=O) groups excluding carboxylic acids is 2. The molecule has 23 heavy (non-hydrogen) atoms. The summed E-state index contributed by atoms with van der Waals surface area (Å²) in [5.74, 6) is -0.494. The molecule has 2 heterocycles. The first kappa shape index (κ1) is 13.8. The third-order valence-corrected chi connectivity index (χ3v) is 4.52. The van der Waals surface area contributed by atoms with Gasteiger partial charge in [-0.15, -0.1) is 0 Å². The van der Waals surface area contributed by atoms with Gasteiger partial charge in [-0.2, -0.15) is 0 Å². The maximum atomic E-state index is 12.9. The summed E-state index contributed by atoms with van der Waals surface area (Å²) in [5, 5.41) is 0.830. The molecule has 0 aliphatic carbocycles. The van der Waals surface area contributed by atoms with Crippen molar-refractivity contribution in [3.8, 4) is 0 Å². The molecule has 1 aromatic heterocycles. The van der Waals surface area contributed by atoms with Crippen LogP contribution in [-0.2, 0) is 13.5 Å². The fourth-order valence-corrected chi connectivity index (χ4v) is 3.20. The molecule has 2 aromatic carbocycles. The number of nitrogens with zero attached hydrogens (tertiary/aromatic N) is 2. The third kappa shape index (κ3) is 1.84. The van der Waals surface area contributed by atoms with Gasteiger partial charge in [-0.3, -0.25) is 9.59 Å². The zero-order valence-electron chi connectivity index (χ0n) is 13.0. The van der Waals surface area contributed by atoms with Crippen LogP contribution in [-0.4, -0.2) is 16.4 Å². The minimum atomic E-state index is -0.250.